The van der Waals surface area contributed by atoms with E-state index in [0.29, 0.717) is 13.0 Å². The van der Waals surface area contributed by atoms with E-state index in [9.17, 15) is 9.18 Å². The predicted octanol–water partition coefficient (Wildman–Crippen LogP) is 3.87. The summed E-state index contributed by atoms with van der Waals surface area (Å²) in [5, 5.41) is 6.57. The molecule has 1 amide bonds. The second kappa shape index (κ2) is 11.7. The second-order valence-corrected chi connectivity index (χ2v) is 6.90. The van der Waals surface area contributed by atoms with Gasteiger partial charge in [-0.3, -0.25) is 9.79 Å². The average Bonchev–Trinajstić information content (AvgIpc) is 3.14. The molecule has 5 nitrogen and oxygen atoms in total. The molecule has 1 aliphatic heterocycles. The Bertz CT molecular complexity index is 826. The third-order valence-electron chi connectivity index (χ3n) is 4.83. The molecule has 1 fully saturated rings. The summed E-state index contributed by atoms with van der Waals surface area (Å²) in [4.78, 5) is 17.9. The maximum absolute atomic E-state index is 13.2. The first-order chi connectivity index (χ1) is 13.7. The van der Waals surface area contributed by atoms with Crippen molar-refractivity contribution >= 4 is 41.5 Å². The summed E-state index contributed by atoms with van der Waals surface area (Å²) >= 11 is 0. The number of aliphatic imine (C=N–C) groups is 1. The van der Waals surface area contributed by atoms with E-state index < -0.39 is 0 Å². The van der Waals surface area contributed by atoms with Gasteiger partial charge in [-0.05, 0) is 54.7 Å². The molecule has 2 N–H and O–H groups in total. The van der Waals surface area contributed by atoms with Crippen molar-refractivity contribution in [1.29, 1.82) is 0 Å². The Balaban J connectivity index is 0.00000300. The van der Waals surface area contributed by atoms with Crippen molar-refractivity contribution in [2.24, 2.45) is 4.99 Å². The first-order valence-electron chi connectivity index (χ1n) is 9.74. The lowest BCUT2D eigenvalue weighted by molar-refractivity contribution is -0.117. The van der Waals surface area contributed by atoms with Crippen molar-refractivity contribution in [2.75, 3.05) is 25.0 Å². The molecule has 1 saturated heterocycles. The molecule has 2 aromatic rings. The van der Waals surface area contributed by atoms with Crippen molar-refractivity contribution in [3.8, 4) is 0 Å². The van der Waals surface area contributed by atoms with Gasteiger partial charge in [0, 0.05) is 38.8 Å². The van der Waals surface area contributed by atoms with Gasteiger partial charge in [0.25, 0.3) is 0 Å². The van der Waals surface area contributed by atoms with Crippen molar-refractivity contribution in [3.63, 3.8) is 0 Å². The second-order valence-electron chi connectivity index (χ2n) is 6.90. The highest BCUT2D eigenvalue weighted by molar-refractivity contribution is 14.0. The van der Waals surface area contributed by atoms with Gasteiger partial charge in [0.1, 0.15) is 5.82 Å². The van der Waals surface area contributed by atoms with E-state index in [-0.39, 0.29) is 35.7 Å². The number of rotatable bonds is 7. The molecule has 0 atom stereocenters. The highest BCUT2D eigenvalue weighted by Gasteiger charge is 2.21. The summed E-state index contributed by atoms with van der Waals surface area (Å²) in [5.41, 5.74) is 3.09. The molecular weight excluding hydrogens is 482 g/mol. The minimum Gasteiger partial charge on any atom is -0.356 e. The molecule has 0 aromatic heterocycles. The van der Waals surface area contributed by atoms with Gasteiger partial charge >= 0.3 is 0 Å². The Morgan fingerprint density at radius 2 is 1.93 bits per heavy atom. The quantitative estimate of drug-likeness (QED) is 0.258. The van der Waals surface area contributed by atoms with Gasteiger partial charge in [-0.2, -0.15) is 0 Å². The van der Waals surface area contributed by atoms with Gasteiger partial charge in [0.2, 0.25) is 5.91 Å². The molecule has 0 bridgehead atoms. The third kappa shape index (κ3) is 6.99. The molecule has 29 heavy (non-hydrogen) atoms. The number of carbonyl (C=O) groups is 1. The zero-order chi connectivity index (χ0) is 19.8. The molecule has 3 rings (SSSR count). The van der Waals surface area contributed by atoms with Crippen LogP contribution in [0.2, 0.25) is 0 Å². The zero-order valence-corrected chi connectivity index (χ0v) is 19.0. The van der Waals surface area contributed by atoms with Crippen LogP contribution in [-0.4, -0.2) is 32.0 Å². The predicted molar refractivity (Wildman–Crippen MR) is 126 cm³/mol. The van der Waals surface area contributed by atoms with Crippen molar-refractivity contribution in [3.05, 3.63) is 65.5 Å². The lowest BCUT2D eigenvalue weighted by atomic mass is 10.1. The molecule has 7 heteroatoms. The number of hydrogen-bond donors (Lipinski definition) is 2. The molecule has 1 aliphatic rings. The Kier molecular flexibility index (Phi) is 9.37. The van der Waals surface area contributed by atoms with E-state index in [1.54, 1.807) is 19.2 Å². The first-order valence-corrected chi connectivity index (χ1v) is 9.74. The average molecular weight is 510 g/mol. The van der Waals surface area contributed by atoms with E-state index in [0.717, 1.165) is 55.1 Å². The first kappa shape index (κ1) is 23.1. The highest BCUT2D eigenvalue weighted by Crippen LogP contribution is 2.21. The number of nitrogens with zero attached hydrogens (tertiary/aromatic N) is 2. The fraction of sp³-hybridized carbons (Fsp3) is 0.364. The molecule has 0 unspecified atom stereocenters. The maximum atomic E-state index is 13.2. The number of benzene rings is 2. The number of anilines is 1. The topological polar surface area (TPSA) is 56.7 Å². The Hall–Kier alpha value is -2.16. The van der Waals surface area contributed by atoms with Crippen LogP contribution >= 0.6 is 24.0 Å². The number of nitrogens with one attached hydrogen (secondary N) is 2. The van der Waals surface area contributed by atoms with Crippen molar-refractivity contribution in [1.82, 2.24) is 10.6 Å². The number of amides is 1. The smallest absolute Gasteiger partial charge is 0.227 e. The molecule has 1 heterocycles. The van der Waals surface area contributed by atoms with Crippen LogP contribution in [0, 0.1) is 5.82 Å². The van der Waals surface area contributed by atoms with Crippen LogP contribution in [0.4, 0.5) is 10.1 Å². The zero-order valence-electron chi connectivity index (χ0n) is 16.7. The van der Waals surface area contributed by atoms with E-state index in [2.05, 4.69) is 15.6 Å². The summed E-state index contributed by atoms with van der Waals surface area (Å²) in [5.74, 6) is 0.745. The monoisotopic (exact) mass is 510 g/mol. The molecule has 0 aliphatic carbocycles. The molecule has 156 valence electrons. The molecule has 0 radical (unpaired) electrons. The summed E-state index contributed by atoms with van der Waals surface area (Å²) in [7, 11) is 1.74. The lowest BCUT2D eigenvalue weighted by Crippen LogP contribution is -2.37. The van der Waals surface area contributed by atoms with Gasteiger partial charge in [-0.15, -0.1) is 24.0 Å². The van der Waals surface area contributed by atoms with Crippen LogP contribution in [-0.2, 0) is 17.8 Å². The van der Waals surface area contributed by atoms with E-state index in [1.165, 1.54) is 6.07 Å². The largest absolute Gasteiger partial charge is 0.356 e. The summed E-state index contributed by atoms with van der Waals surface area (Å²) in [6.45, 7) is 2.21. The third-order valence-corrected chi connectivity index (χ3v) is 4.83. The molecule has 0 saturated carbocycles. The maximum Gasteiger partial charge on any atom is 0.227 e. The van der Waals surface area contributed by atoms with Crippen LogP contribution in [0.1, 0.15) is 30.4 Å². The van der Waals surface area contributed by atoms with Gasteiger partial charge in [-0.25, -0.2) is 4.39 Å². The van der Waals surface area contributed by atoms with Gasteiger partial charge < -0.3 is 15.5 Å². The van der Waals surface area contributed by atoms with Gasteiger partial charge in [0.15, 0.2) is 5.96 Å². The SMILES string of the molecule is CN=C(NCCCc1cccc(F)c1)NCc1ccc(N2CCCC2=O)cc1.I. The lowest BCUT2D eigenvalue weighted by Gasteiger charge is -2.16. The minimum absolute atomic E-state index is 0. The van der Waals surface area contributed by atoms with Crippen LogP contribution in [0.25, 0.3) is 0 Å². The number of aryl methyl sites for hydroxylation is 1. The van der Waals surface area contributed by atoms with Crippen molar-refractivity contribution in [2.45, 2.75) is 32.2 Å². The summed E-state index contributed by atoms with van der Waals surface area (Å²) in [6, 6.07) is 14.8. The standard InChI is InChI=1S/C22H27FN4O.HI/c1-24-22(25-13-3-6-17-5-2-7-19(23)15-17)26-16-18-9-11-20(12-10-18)27-14-4-8-21(27)28;/h2,5,7,9-12,15H,3-4,6,8,13-14,16H2,1H3,(H2,24,25,26);1H. The van der Waals surface area contributed by atoms with E-state index in [1.807, 2.05) is 35.2 Å². The Morgan fingerprint density at radius 1 is 1.14 bits per heavy atom. The van der Waals surface area contributed by atoms with E-state index >= 15 is 0 Å². The van der Waals surface area contributed by atoms with Gasteiger partial charge in [0.05, 0.1) is 0 Å². The van der Waals surface area contributed by atoms with Crippen molar-refractivity contribution < 1.29 is 9.18 Å². The van der Waals surface area contributed by atoms with Gasteiger partial charge in [-0.1, -0.05) is 24.3 Å². The fourth-order valence-corrected chi connectivity index (χ4v) is 3.31. The van der Waals surface area contributed by atoms with Crippen LogP contribution < -0.4 is 15.5 Å². The number of hydrogen-bond acceptors (Lipinski definition) is 2. The van der Waals surface area contributed by atoms with E-state index in [4.69, 9.17) is 0 Å². The minimum atomic E-state index is -0.192. The van der Waals surface area contributed by atoms with Crippen LogP contribution in [0.5, 0.6) is 0 Å². The highest BCUT2D eigenvalue weighted by atomic mass is 127. The molecular formula is C22H28FIN4O. The van der Waals surface area contributed by atoms with Crippen LogP contribution in [0.3, 0.4) is 0 Å². The number of halogens is 2. The summed E-state index contributed by atoms with van der Waals surface area (Å²) < 4.78 is 13.2. The Labute approximate surface area is 188 Å². The Morgan fingerprint density at radius 3 is 2.59 bits per heavy atom. The fourth-order valence-electron chi connectivity index (χ4n) is 3.31. The molecule has 0 spiro atoms. The number of carbonyl (C=O) groups excluding carboxylic acids is 1. The summed E-state index contributed by atoms with van der Waals surface area (Å²) in [6.07, 6.45) is 3.29. The normalized spacial score (nSPS) is 13.9. The van der Waals surface area contributed by atoms with Crippen LogP contribution in [0.15, 0.2) is 53.5 Å². The number of guanidine groups is 1. The molecule has 2 aromatic carbocycles.